The van der Waals surface area contributed by atoms with Gasteiger partial charge in [0.15, 0.2) is 5.78 Å². The molecule has 1 heterocycles. The van der Waals surface area contributed by atoms with Crippen LogP contribution in [0.4, 0.5) is 0 Å². The topological polar surface area (TPSA) is 42.1 Å². The van der Waals surface area contributed by atoms with Crippen molar-refractivity contribution in [3.05, 3.63) is 29.0 Å². The summed E-state index contributed by atoms with van der Waals surface area (Å²) in [5.74, 6) is 1.09. The lowest BCUT2D eigenvalue weighted by molar-refractivity contribution is 0.0991. The summed E-state index contributed by atoms with van der Waals surface area (Å²) in [5.41, 5.74) is 4.08. The normalized spacial score (nSPS) is 14.5. The third-order valence-electron chi connectivity index (χ3n) is 3.39. The van der Waals surface area contributed by atoms with Crippen LogP contribution in [0.25, 0.3) is 10.9 Å². The predicted octanol–water partition coefficient (Wildman–Crippen LogP) is 2.61. The number of ether oxygens (including phenoxy) is 1. The zero-order valence-corrected chi connectivity index (χ0v) is 9.39. The average molecular weight is 215 g/mol. The second kappa shape index (κ2) is 3.11. The van der Waals surface area contributed by atoms with Crippen LogP contribution in [0.2, 0.25) is 0 Å². The third kappa shape index (κ3) is 1.06. The minimum atomic E-state index is 0.226. The Balaban J connectivity index is 2.36. The summed E-state index contributed by atoms with van der Waals surface area (Å²) in [6, 6.07) is 4.00. The summed E-state index contributed by atoms with van der Waals surface area (Å²) >= 11 is 0. The Morgan fingerprint density at radius 2 is 2.12 bits per heavy atom. The highest BCUT2D eigenvalue weighted by Crippen LogP contribution is 2.34. The van der Waals surface area contributed by atoms with Crippen molar-refractivity contribution in [2.45, 2.75) is 19.8 Å². The van der Waals surface area contributed by atoms with Gasteiger partial charge >= 0.3 is 0 Å². The number of aromatic nitrogens is 1. The van der Waals surface area contributed by atoms with Gasteiger partial charge in [-0.2, -0.15) is 0 Å². The Labute approximate surface area is 93.4 Å². The second-order valence-electron chi connectivity index (χ2n) is 4.22. The number of H-pyrrole nitrogens is 1. The van der Waals surface area contributed by atoms with E-state index in [1.54, 1.807) is 7.11 Å². The van der Waals surface area contributed by atoms with E-state index in [0.29, 0.717) is 6.42 Å². The number of carbonyl (C=O) groups excluding carboxylic acids is 1. The minimum Gasteiger partial charge on any atom is -0.496 e. The molecular weight excluding hydrogens is 202 g/mol. The molecule has 3 heteroatoms. The van der Waals surface area contributed by atoms with Gasteiger partial charge in [0.05, 0.1) is 18.3 Å². The van der Waals surface area contributed by atoms with Crippen molar-refractivity contribution >= 4 is 16.7 Å². The summed E-state index contributed by atoms with van der Waals surface area (Å²) in [6.45, 7) is 2.01. The van der Waals surface area contributed by atoms with Crippen molar-refractivity contribution in [2.75, 3.05) is 7.11 Å². The van der Waals surface area contributed by atoms with Gasteiger partial charge in [0.1, 0.15) is 5.75 Å². The lowest BCUT2D eigenvalue weighted by Gasteiger charge is -2.05. The van der Waals surface area contributed by atoms with Crippen LogP contribution < -0.4 is 4.74 Å². The zero-order valence-electron chi connectivity index (χ0n) is 9.39. The molecular formula is C13H13NO2. The number of methoxy groups -OCH3 is 1. The van der Waals surface area contributed by atoms with Crippen molar-refractivity contribution in [1.82, 2.24) is 4.98 Å². The van der Waals surface area contributed by atoms with Gasteiger partial charge in [0, 0.05) is 17.4 Å². The SMILES string of the molecule is COc1ccc2c3c([nH]c2c1C)C(=O)CC3. The number of benzene rings is 1. The van der Waals surface area contributed by atoms with Gasteiger partial charge in [-0.1, -0.05) is 0 Å². The monoisotopic (exact) mass is 215 g/mol. The van der Waals surface area contributed by atoms with Crippen LogP contribution in [-0.4, -0.2) is 17.9 Å². The number of aromatic amines is 1. The van der Waals surface area contributed by atoms with E-state index >= 15 is 0 Å². The van der Waals surface area contributed by atoms with Gasteiger partial charge in [0.25, 0.3) is 0 Å². The number of nitrogens with one attached hydrogen (secondary N) is 1. The first kappa shape index (κ1) is 9.46. The minimum absolute atomic E-state index is 0.226. The molecule has 0 aliphatic heterocycles. The number of carbonyl (C=O) groups is 1. The van der Waals surface area contributed by atoms with Crippen LogP contribution in [-0.2, 0) is 6.42 Å². The molecule has 0 fully saturated rings. The van der Waals surface area contributed by atoms with E-state index in [1.165, 1.54) is 10.9 Å². The molecule has 0 radical (unpaired) electrons. The van der Waals surface area contributed by atoms with E-state index in [0.717, 1.165) is 28.9 Å². The van der Waals surface area contributed by atoms with E-state index in [1.807, 2.05) is 19.1 Å². The summed E-state index contributed by atoms with van der Waals surface area (Å²) < 4.78 is 5.28. The summed E-state index contributed by atoms with van der Waals surface area (Å²) in [6.07, 6.45) is 1.50. The van der Waals surface area contributed by atoms with Crippen molar-refractivity contribution in [2.24, 2.45) is 0 Å². The van der Waals surface area contributed by atoms with Crippen LogP contribution in [0, 0.1) is 6.92 Å². The molecule has 0 atom stereocenters. The Kier molecular flexibility index (Phi) is 1.84. The van der Waals surface area contributed by atoms with Gasteiger partial charge in [-0.15, -0.1) is 0 Å². The number of aryl methyl sites for hydroxylation is 2. The van der Waals surface area contributed by atoms with Gasteiger partial charge in [-0.25, -0.2) is 0 Å². The number of hydrogen-bond donors (Lipinski definition) is 1. The Morgan fingerprint density at radius 3 is 2.88 bits per heavy atom. The lowest BCUT2D eigenvalue weighted by atomic mass is 10.1. The van der Waals surface area contributed by atoms with Crippen molar-refractivity contribution in [1.29, 1.82) is 0 Å². The van der Waals surface area contributed by atoms with Crippen LogP contribution in [0.1, 0.15) is 28.0 Å². The maximum atomic E-state index is 11.6. The quantitative estimate of drug-likeness (QED) is 0.794. The molecule has 0 unspecified atom stereocenters. The number of fused-ring (bicyclic) bond motifs is 3. The van der Waals surface area contributed by atoms with Crippen molar-refractivity contribution < 1.29 is 9.53 Å². The largest absolute Gasteiger partial charge is 0.496 e. The Morgan fingerprint density at radius 1 is 1.31 bits per heavy atom. The molecule has 3 nitrogen and oxygen atoms in total. The first-order valence-corrected chi connectivity index (χ1v) is 5.43. The molecule has 0 saturated heterocycles. The average Bonchev–Trinajstić information content (AvgIpc) is 2.81. The predicted molar refractivity (Wildman–Crippen MR) is 62.2 cm³/mol. The molecule has 0 spiro atoms. The van der Waals surface area contributed by atoms with Gasteiger partial charge < -0.3 is 9.72 Å². The number of rotatable bonds is 1. The Hall–Kier alpha value is -1.77. The zero-order chi connectivity index (χ0) is 11.3. The fourth-order valence-corrected chi connectivity index (χ4v) is 2.52. The van der Waals surface area contributed by atoms with Gasteiger partial charge in [-0.3, -0.25) is 4.79 Å². The number of ketones is 1. The molecule has 16 heavy (non-hydrogen) atoms. The van der Waals surface area contributed by atoms with Crippen molar-refractivity contribution in [3.63, 3.8) is 0 Å². The Bertz CT molecular complexity index is 595. The molecule has 82 valence electrons. The molecule has 1 N–H and O–H groups in total. The van der Waals surface area contributed by atoms with E-state index in [-0.39, 0.29) is 5.78 Å². The fraction of sp³-hybridized carbons (Fsp3) is 0.308. The molecule has 1 aliphatic carbocycles. The maximum Gasteiger partial charge on any atom is 0.179 e. The van der Waals surface area contributed by atoms with Crippen LogP contribution in [0.3, 0.4) is 0 Å². The molecule has 3 rings (SSSR count). The molecule has 1 aromatic heterocycles. The van der Waals surface area contributed by atoms with E-state index in [4.69, 9.17) is 4.74 Å². The van der Waals surface area contributed by atoms with E-state index < -0.39 is 0 Å². The highest BCUT2D eigenvalue weighted by atomic mass is 16.5. The molecule has 0 amide bonds. The smallest absolute Gasteiger partial charge is 0.179 e. The maximum absolute atomic E-state index is 11.6. The summed E-state index contributed by atoms with van der Waals surface area (Å²) in [7, 11) is 1.66. The first-order chi connectivity index (χ1) is 7.72. The second-order valence-corrected chi connectivity index (χ2v) is 4.22. The molecule has 2 aromatic rings. The summed E-state index contributed by atoms with van der Waals surface area (Å²) in [5, 5.41) is 1.17. The number of hydrogen-bond acceptors (Lipinski definition) is 2. The van der Waals surface area contributed by atoms with Crippen LogP contribution in [0.5, 0.6) is 5.75 Å². The lowest BCUT2D eigenvalue weighted by Crippen LogP contribution is -1.92. The third-order valence-corrected chi connectivity index (χ3v) is 3.39. The molecule has 1 aromatic carbocycles. The van der Waals surface area contributed by atoms with Crippen molar-refractivity contribution in [3.8, 4) is 5.75 Å². The van der Waals surface area contributed by atoms with Gasteiger partial charge in [0.2, 0.25) is 0 Å². The fourth-order valence-electron chi connectivity index (χ4n) is 2.52. The van der Waals surface area contributed by atoms with E-state index in [2.05, 4.69) is 4.98 Å². The molecule has 0 bridgehead atoms. The van der Waals surface area contributed by atoms with Crippen LogP contribution in [0.15, 0.2) is 12.1 Å². The first-order valence-electron chi connectivity index (χ1n) is 5.43. The van der Waals surface area contributed by atoms with Crippen LogP contribution >= 0.6 is 0 Å². The standard InChI is InChI=1S/C13H13NO2/c1-7-11(16-2)6-4-8-9-3-5-10(15)13(9)14-12(7)8/h4,6,14H,3,5H2,1-2H3. The highest BCUT2D eigenvalue weighted by molar-refractivity contribution is 6.06. The number of Topliss-reactive ketones (excluding diaryl/α,β-unsaturated/α-hetero) is 1. The molecule has 1 aliphatic rings. The summed E-state index contributed by atoms with van der Waals surface area (Å²) in [4.78, 5) is 14.9. The highest BCUT2D eigenvalue weighted by Gasteiger charge is 2.25. The molecule has 0 saturated carbocycles. The van der Waals surface area contributed by atoms with Gasteiger partial charge in [-0.05, 0) is 31.0 Å². The van der Waals surface area contributed by atoms with E-state index in [9.17, 15) is 4.79 Å².